The van der Waals surface area contributed by atoms with Gasteiger partial charge in [0.05, 0.1) is 10.7 Å². The van der Waals surface area contributed by atoms with Crippen molar-refractivity contribution in [3.05, 3.63) is 41.2 Å². The Morgan fingerprint density at radius 1 is 1.57 bits per heavy atom. The highest BCUT2D eigenvalue weighted by molar-refractivity contribution is 6.33. The number of halogens is 2. The summed E-state index contributed by atoms with van der Waals surface area (Å²) in [6, 6.07) is 2.59. The van der Waals surface area contributed by atoms with Crippen molar-refractivity contribution in [3.8, 4) is 0 Å². The lowest BCUT2D eigenvalue weighted by atomic mass is 10.0. The molecule has 0 spiro atoms. The van der Waals surface area contributed by atoms with Gasteiger partial charge in [-0.2, -0.15) is 0 Å². The first-order valence-electron chi connectivity index (χ1n) is 4.17. The number of nitrogen functional groups attached to an aromatic ring is 1. The van der Waals surface area contributed by atoms with Gasteiger partial charge in [0.2, 0.25) is 0 Å². The van der Waals surface area contributed by atoms with Crippen LogP contribution in [0.4, 0.5) is 10.1 Å². The van der Waals surface area contributed by atoms with Crippen molar-refractivity contribution in [2.75, 3.05) is 5.73 Å². The molecular formula is C10H12ClFN2. The van der Waals surface area contributed by atoms with E-state index in [0.717, 1.165) is 0 Å². The molecule has 0 unspecified atom stereocenters. The number of hydrogen-bond donors (Lipinski definition) is 2. The molecule has 0 amide bonds. The van der Waals surface area contributed by atoms with Gasteiger partial charge in [-0.25, -0.2) is 4.39 Å². The van der Waals surface area contributed by atoms with Gasteiger partial charge in [-0.1, -0.05) is 17.7 Å². The smallest absolute Gasteiger partial charge is 0.147 e. The Morgan fingerprint density at radius 3 is 2.71 bits per heavy atom. The molecule has 0 aromatic heterocycles. The van der Waals surface area contributed by atoms with Crippen LogP contribution in [-0.4, -0.2) is 0 Å². The minimum atomic E-state index is -0.535. The van der Waals surface area contributed by atoms with E-state index in [9.17, 15) is 4.39 Å². The Kier molecular flexibility index (Phi) is 3.49. The average molecular weight is 215 g/mol. The Hall–Kier alpha value is -1.06. The molecule has 1 aromatic rings. The van der Waals surface area contributed by atoms with Crippen LogP contribution in [-0.2, 0) is 0 Å². The van der Waals surface area contributed by atoms with Crippen LogP contribution in [0.25, 0.3) is 0 Å². The fraction of sp³-hybridized carbons (Fsp3) is 0.200. The Labute approximate surface area is 87.4 Å². The predicted octanol–water partition coefficient (Wildman–Crippen LogP) is 2.64. The van der Waals surface area contributed by atoms with Crippen molar-refractivity contribution in [2.24, 2.45) is 5.73 Å². The van der Waals surface area contributed by atoms with Crippen LogP contribution in [0.1, 0.15) is 18.0 Å². The van der Waals surface area contributed by atoms with E-state index in [-0.39, 0.29) is 16.8 Å². The summed E-state index contributed by atoms with van der Waals surface area (Å²) in [6.07, 6.45) is 2.24. The summed E-state index contributed by atoms with van der Waals surface area (Å²) in [5.41, 5.74) is 11.7. The number of benzene rings is 1. The topological polar surface area (TPSA) is 52.0 Å². The van der Waals surface area contributed by atoms with Gasteiger partial charge in [0.1, 0.15) is 5.82 Å². The first-order valence-corrected chi connectivity index (χ1v) is 4.55. The second kappa shape index (κ2) is 4.44. The van der Waals surface area contributed by atoms with Crippen LogP contribution < -0.4 is 11.5 Å². The van der Waals surface area contributed by atoms with Crippen molar-refractivity contribution in [1.82, 2.24) is 0 Å². The standard InChI is InChI=1S/C10H12ClFN2/c1-2-3-9(13)6-4-7(11)10(14)8(12)5-6/h2,4-5,9H,1,3,13-14H2/t9-/m1/s1. The molecule has 0 aliphatic rings. The van der Waals surface area contributed by atoms with E-state index < -0.39 is 5.82 Å². The van der Waals surface area contributed by atoms with Gasteiger partial charge in [-0.05, 0) is 24.1 Å². The normalized spacial score (nSPS) is 12.5. The molecule has 4 heteroatoms. The lowest BCUT2D eigenvalue weighted by Crippen LogP contribution is -2.10. The van der Waals surface area contributed by atoms with E-state index in [1.54, 1.807) is 12.1 Å². The van der Waals surface area contributed by atoms with Crippen LogP contribution in [0.5, 0.6) is 0 Å². The second-order valence-electron chi connectivity index (χ2n) is 3.03. The molecule has 1 rings (SSSR count). The maximum absolute atomic E-state index is 13.1. The molecule has 76 valence electrons. The lowest BCUT2D eigenvalue weighted by molar-refractivity contribution is 0.624. The minimum absolute atomic E-state index is 0.0405. The number of anilines is 1. The van der Waals surface area contributed by atoms with Gasteiger partial charge >= 0.3 is 0 Å². The summed E-state index contributed by atoms with van der Waals surface area (Å²) in [7, 11) is 0. The molecule has 0 fully saturated rings. The number of nitrogens with two attached hydrogens (primary N) is 2. The summed E-state index contributed by atoms with van der Waals surface area (Å²) < 4.78 is 13.1. The van der Waals surface area contributed by atoms with E-state index in [1.165, 1.54) is 6.07 Å². The Morgan fingerprint density at radius 2 is 2.21 bits per heavy atom. The highest BCUT2D eigenvalue weighted by Gasteiger charge is 2.10. The van der Waals surface area contributed by atoms with Crippen LogP contribution >= 0.6 is 11.6 Å². The molecular weight excluding hydrogens is 203 g/mol. The number of hydrogen-bond acceptors (Lipinski definition) is 2. The molecule has 0 heterocycles. The van der Waals surface area contributed by atoms with Crippen LogP contribution in [0.2, 0.25) is 5.02 Å². The summed E-state index contributed by atoms with van der Waals surface area (Å²) in [4.78, 5) is 0. The minimum Gasteiger partial charge on any atom is -0.395 e. The zero-order chi connectivity index (χ0) is 10.7. The molecule has 1 aromatic carbocycles. The third-order valence-corrected chi connectivity index (χ3v) is 2.26. The van der Waals surface area contributed by atoms with Crippen LogP contribution in [0.15, 0.2) is 24.8 Å². The van der Waals surface area contributed by atoms with Crippen molar-refractivity contribution in [2.45, 2.75) is 12.5 Å². The van der Waals surface area contributed by atoms with E-state index in [1.807, 2.05) is 0 Å². The molecule has 1 atom stereocenters. The maximum atomic E-state index is 13.1. The molecule has 4 N–H and O–H groups in total. The monoisotopic (exact) mass is 214 g/mol. The van der Waals surface area contributed by atoms with Gasteiger partial charge in [-0.15, -0.1) is 6.58 Å². The average Bonchev–Trinajstić information content (AvgIpc) is 2.13. The van der Waals surface area contributed by atoms with E-state index in [0.29, 0.717) is 12.0 Å². The van der Waals surface area contributed by atoms with Crippen LogP contribution in [0.3, 0.4) is 0 Å². The van der Waals surface area contributed by atoms with Crippen molar-refractivity contribution < 1.29 is 4.39 Å². The van der Waals surface area contributed by atoms with Crippen LogP contribution in [0, 0.1) is 5.82 Å². The zero-order valence-electron chi connectivity index (χ0n) is 7.63. The summed E-state index contributed by atoms with van der Waals surface area (Å²) >= 11 is 5.72. The molecule has 0 saturated carbocycles. The molecule has 2 nitrogen and oxygen atoms in total. The van der Waals surface area contributed by atoms with Crippen molar-refractivity contribution >= 4 is 17.3 Å². The molecule has 0 saturated heterocycles. The maximum Gasteiger partial charge on any atom is 0.147 e. The summed E-state index contributed by atoms with van der Waals surface area (Å²) in [5, 5.41) is 0.194. The largest absolute Gasteiger partial charge is 0.395 e. The molecule has 14 heavy (non-hydrogen) atoms. The SMILES string of the molecule is C=CC[C@@H](N)c1cc(F)c(N)c(Cl)c1. The van der Waals surface area contributed by atoms with Gasteiger partial charge in [-0.3, -0.25) is 0 Å². The third-order valence-electron chi connectivity index (χ3n) is 1.95. The highest BCUT2D eigenvalue weighted by Crippen LogP contribution is 2.27. The second-order valence-corrected chi connectivity index (χ2v) is 3.44. The molecule has 0 radical (unpaired) electrons. The zero-order valence-corrected chi connectivity index (χ0v) is 8.39. The lowest BCUT2D eigenvalue weighted by Gasteiger charge is -2.11. The first-order chi connectivity index (χ1) is 6.56. The number of rotatable bonds is 3. The molecule has 0 bridgehead atoms. The van der Waals surface area contributed by atoms with E-state index in [4.69, 9.17) is 23.1 Å². The van der Waals surface area contributed by atoms with Gasteiger partial charge in [0.25, 0.3) is 0 Å². The van der Waals surface area contributed by atoms with E-state index in [2.05, 4.69) is 6.58 Å². The third kappa shape index (κ3) is 2.25. The summed E-state index contributed by atoms with van der Waals surface area (Å²) in [5.74, 6) is -0.535. The Bertz CT molecular complexity index is 329. The Balaban J connectivity index is 3.05. The molecule has 0 aliphatic heterocycles. The van der Waals surface area contributed by atoms with Gasteiger partial charge in [0, 0.05) is 6.04 Å². The quantitative estimate of drug-likeness (QED) is 0.600. The first kappa shape index (κ1) is 11.0. The fourth-order valence-electron chi connectivity index (χ4n) is 1.13. The van der Waals surface area contributed by atoms with Crippen molar-refractivity contribution in [3.63, 3.8) is 0 Å². The van der Waals surface area contributed by atoms with Gasteiger partial charge in [0.15, 0.2) is 0 Å². The molecule has 0 aliphatic carbocycles. The summed E-state index contributed by atoms with van der Waals surface area (Å²) in [6.45, 7) is 3.56. The van der Waals surface area contributed by atoms with Crippen molar-refractivity contribution in [1.29, 1.82) is 0 Å². The van der Waals surface area contributed by atoms with Gasteiger partial charge < -0.3 is 11.5 Å². The fourth-order valence-corrected chi connectivity index (χ4v) is 1.35. The highest BCUT2D eigenvalue weighted by atomic mass is 35.5. The van der Waals surface area contributed by atoms with E-state index >= 15 is 0 Å². The predicted molar refractivity (Wildman–Crippen MR) is 57.6 cm³/mol.